The number of amides is 1. The highest BCUT2D eigenvalue weighted by Gasteiger charge is 2.13. The van der Waals surface area contributed by atoms with E-state index in [-0.39, 0.29) is 10.7 Å². The monoisotopic (exact) mass is 448 g/mol. The zero-order valence-electron chi connectivity index (χ0n) is 17.7. The van der Waals surface area contributed by atoms with Gasteiger partial charge in [0.2, 0.25) is 0 Å². The van der Waals surface area contributed by atoms with Gasteiger partial charge in [-0.3, -0.25) is 10.1 Å². The topological polar surface area (TPSA) is 76.7 Å². The Balaban J connectivity index is 1.55. The Labute approximate surface area is 192 Å². The van der Waals surface area contributed by atoms with Crippen molar-refractivity contribution in [3.8, 4) is 5.75 Å². The summed E-state index contributed by atoms with van der Waals surface area (Å²) < 4.78 is 10.6. The molecule has 7 heteroatoms. The molecule has 0 heterocycles. The molecule has 0 fully saturated rings. The maximum absolute atomic E-state index is 12.5. The minimum absolute atomic E-state index is 0.124. The molecule has 3 aromatic carbocycles. The van der Waals surface area contributed by atoms with E-state index in [0.717, 1.165) is 12.8 Å². The second kappa shape index (κ2) is 11.6. The Bertz CT molecular complexity index is 1090. The summed E-state index contributed by atoms with van der Waals surface area (Å²) in [5, 5.41) is 5.74. The number of aryl methyl sites for hydroxylation is 1. The molecule has 32 heavy (non-hydrogen) atoms. The fraction of sp³-hybridized carbons (Fsp3) is 0.160. The maximum Gasteiger partial charge on any atom is 0.337 e. The largest absolute Gasteiger partial charge is 0.491 e. The standard InChI is InChI=1S/C25H24N2O4S/c1-30-24(29)20-13-7-12-19(17-20)23(28)27-25(32)26-21-14-5-6-15-22(21)31-16-8-11-18-9-3-2-4-10-18/h2-7,9-10,12-15,17H,8,11,16H2,1H3,(H2,26,27,28,32). The van der Waals surface area contributed by atoms with E-state index in [4.69, 9.17) is 17.0 Å². The van der Waals surface area contributed by atoms with E-state index in [9.17, 15) is 9.59 Å². The van der Waals surface area contributed by atoms with Crippen molar-refractivity contribution in [3.63, 3.8) is 0 Å². The molecular weight excluding hydrogens is 424 g/mol. The molecule has 6 nitrogen and oxygen atoms in total. The number of ether oxygens (including phenoxy) is 2. The Kier molecular flexibility index (Phi) is 8.34. The normalized spacial score (nSPS) is 10.2. The number of rotatable bonds is 8. The van der Waals surface area contributed by atoms with Gasteiger partial charge in [0.15, 0.2) is 5.11 Å². The molecule has 0 bridgehead atoms. The molecule has 0 saturated carbocycles. The number of benzene rings is 3. The van der Waals surface area contributed by atoms with E-state index >= 15 is 0 Å². The Morgan fingerprint density at radius 1 is 0.906 bits per heavy atom. The fourth-order valence-electron chi connectivity index (χ4n) is 3.03. The van der Waals surface area contributed by atoms with Gasteiger partial charge in [-0.2, -0.15) is 0 Å². The first-order valence-corrected chi connectivity index (χ1v) is 10.5. The summed E-state index contributed by atoms with van der Waals surface area (Å²) in [5.41, 5.74) is 2.50. The number of para-hydroxylation sites is 2. The van der Waals surface area contributed by atoms with Crippen molar-refractivity contribution in [2.75, 3.05) is 19.0 Å². The number of carbonyl (C=O) groups is 2. The summed E-state index contributed by atoms with van der Waals surface area (Å²) >= 11 is 5.29. The predicted molar refractivity (Wildman–Crippen MR) is 128 cm³/mol. The second-order valence-electron chi connectivity index (χ2n) is 6.91. The van der Waals surface area contributed by atoms with Crippen LogP contribution >= 0.6 is 12.2 Å². The summed E-state index contributed by atoms with van der Waals surface area (Å²) in [6, 6.07) is 23.8. The molecule has 0 aliphatic carbocycles. The van der Waals surface area contributed by atoms with Crippen LogP contribution in [0.3, 0.4) is 0 Å². The molecule has 1 amide bonds. The van der Waals surface area contributed by atoms with Crippen molar-refractivity contribution in [2.24, 2.45) is 0 Å². The summed E-state index contributed by atoms with van der Waals surface area (Å²) in [4.78, 5) is 24.2. The zero-order chi connectivity index (χ0) is 22.8. The summed E-state index contributed by atoms with van der Waals surface area (Å²) in [5.74, 6) is -0.307. The highest BCUT2D eigenvalue weighted by atomic mass is 32.1. The van der Waals surface area contributed by atoms with Crippen LogP contribution in [0.2, 0.25) is 0 Å². The summed E-state index contributed by atoms with van der Waals surface area (Å²) in [6.07, 6.45) is 1.80. The average molecular weight is 449 g/mol. The number of nitrogens with one attached hydrogen (secondary N) is 2. The minimum atomic E-state index is -0.515. The molecule has 0 aliphatic heterocycles. The molecular formula is C25H24N2O4S. The molecule has 0 atom stereocenters. The first-order chi connectivity index (χ1) is 15.6. The maximum atomic E-state index is 12.5. The fourth-order valence-corrected chi connectivity index (χ4v) is 3.24. The highest BCUT2D eigenvalue weighted by molar-refractivity contribution is 7.80. The molecule has 164 valence electrons. The lowest BCUT2D eigenvalue weighted by atomic mass is 10.1. The van der Waals surface area contributed by atoms with E-state index in [1.54, 1.807) is 18.2 Å². The van der Waals surface area contributed by atoms with E-state index in [0.29, 0.717) is 23.6 Å². The van der Waals surface area contributed by atoms with Crippen molar-refractivity contribution in [2.45, 2.75) is 12.8 Å². The van der Waals surface area contributed by atoms with Crippen LogP contribution in [0.25, 0.3) is 0 Å². The van der Waals surface area contributed by atoms with Gasteiger partial charge >= 0.3 is 5.97 Å². The van der Waals surface area contributed by atoms with E-state index in [1.165, 1.54) is 18.7 Å². The first-order valence-electron chi connectivity index (χ1n) is 10.1. The number of anilines is 1. The van der Waals surface area contributed by atoms with Crippen molar-refractivity contribution < 1.29 is 19.1 Å². The van der Waals surface area contributed by atoms with Crippen LogP contribution < -0.4 is 15.4 Å². The number of methoxy groups -OCH3 is 1. The molecule has 0 unspecified atom stereocenters. The molecule has 3 rings (SSSR count). The number of carbonyl (C=O) groups excluding carboxylic acids is 2. The SMILES string of the molecule is COC(=O)c1cccc(C(=O)NC(=S)Nc2ccccc2OCCCc2ccccc2)c1. The van der Waals surface area contributed by atoms with Crippen LogP contribution in [-0.2, 0) is 11.2 Å². The molecule has 0 spiro atoms. The van der Waals surface area contributed by atoms with E-state index < -0.39 is 11.9 Å². The molecule has 3 aromatic rings. The number of esters is 1. The van der Waals surface area contributed by atoms with Crippen LogP contribution in [0, 0.1) is 0 Å². The third-order valence-electron chi connectivity index (χ3n) is 4.62. The zero-order valence-corrected chi connectivity index (χ0v) is 18.5. The van der Waals surface area contributed by atoms with Gasteiger partial charge in [-0.25, -0.2) is 4.79 Å². The Morgan fingerprint density at radius 2 is 1.62 bits per heavy atom. The Morgan fingerprint density at radius 3 is 2.41 bits per heavy atom. The van der Waals surface area contributed by atoms with Crippen LogP contribution in [0.4, 0.5) is 5.69 Å². The van der Waals surface area contributed by atoms with Gasteiger partial charge in [-0.1, -0.05) is 48.5 Å². The lowest BCUT2D eigenvalue weighted by Crippen LogP contribution is -2.34. The van der Waals surface area contributed by atoms with Gasteiger partial charge in [0.1, 0.15) is 5.75 Å². The third-order valence-corrected chi connectivity index (χ3v) is 4.82. The number of hydrogen-bond acceptors (Lipinski definition) is 5. The average Bonchev–Trinajstić information content (AvgIpc) is 2.83. The second-order valence-corrected chi connectivity index (χ2v) is 7.32. The molecule has 0 aromatic heterocycles. The predicted octanol–water partition coefficient (Wildman–Crippen LogP) is 4.61. The Hall–Kier alpha value is -3.71. The van der Waals surface area contributed by atoms with Crippen molar-refractivity contribution in [1.82, 2.24) is 5.32 Å². The first kappa shape index (κ1) is 23.0. The van der Waals surface area contributed by atoms with Gasteiger partial charge in [0, 0.05) is 5.56 Å². The minimum Gasteiger partial charge on any atom is -0.491 e. The quantitative estimate of drug-likeness (QED) is 0.298. The molecule has 2 N–H and O–H groups in total. The van der Waals surface area contributed by atoms with Crippen LogP contribution in [0.15, 0.2) is 78.9 Å². The van der Waals surface area contributed by atoms with Gasteiger partial charge in [0.05, 0.1) is 25.0 Å². The van der Waals surface area contributed by atoms with Crippen molar-refractivity contribution in [1.29, 1.82) is 0 Å². The lowest BCUT2D eigenvalue weighted by Gasteiger charge is -2.14. The van der Waals surface area contributed by atoms with Crippen LogP contribution in [-0.4, -0.2) is 30.7 Å². The lowest BCUT2D eigenvalue weighted by molar-refractivity contribution is 0.0600. The van der Waals surface area contributed by atoms with Crippen LogP contribution in [0.5, 0.6) is 5.75 Å². The van der Waals surface area contributed by atoms with Gasteiger partial charge in [-0.05, 0) is 61.0 Å². The van der Waals surface area contributed by atoms with Crippen LogP contribution in [0.1, 0.15) is 32.7 Å². The van der Waals surface area contributed by atoms with E-state index in [1.807, 2.05) is 42.5 Å². The summed E-state index contributed by atoms with van der Waals surface area (Å²) in [7, 11) is 1.29. The van der Waals surface area contributed by atoms with Gasteiger partial charge < -0.3 is 14.8 Å². The van der Waals surface area contributed by atoms with Gasteiger partial charge in [0.25, 0.3) is 5.91 Å². The number of hydrogen-bond donors (Lipinski definition) is 2. The third kappa shape index (κ3) is 6.65. The van der Waals surface area contributed by atoms with Gasteiger partial charge in [-0.15, -0.1) is 0 Å². The number of thiocarbonyl (C=S) groups is 1. The molecule has 0 aliphatic rings. The summed E-state index contributed by atoms with van der Waals surface area (Å²) in [6.45, 7) is 0.549. The molecule has 0 saturated heterocycles. The van der Waals surface area contributed by atoms with E-state index in [2.05, 4.69) is 27.5 Å². The highest BCUT2D eigenvalue weighted by Crippen LogP contribution is 2.24. The van der Waals surface area contributed by atoms with Crippen molar-refractivity contribution >= 4 is 34.9 Å². The smallest absolute Gasteiger partial charge is 0.337 e. The van der Waals surface area contributed by atoms with Crippen molar-refractivity contribution in [3.05, 3.63) is 95.6 Å². The molecule has 0 radical (unpaired) electrons.